The van der Waals surface area contributed by atoms with Crippen molar-refractivity contribution in [2.75, 3.05) is 95.0 Å². The summed E-state index contributed by atoms with van der Waals surface area (Å²) in [4.78, 5) is 36.0. The number of nitrogens with zero attached hydrogens (tertiary/aromatic N) is 4. The molecular formula is C43H52N4O8. The third-order valence-electron chi connectivity index (χ3n) is 10.7. The fourth-order valence-electron chi connectivity index (χ4n) is 7.66. The molecule has 0 radical (unpaired) electrons. The first-order valence-electron chi connectivity index (χ1n) is 18.6. The van der Waals surface area contributed by atoms with Gasteiger partial charge in [-0.3, -0.25) is 19.4 Å². The number of benzene rings is 4. The first-order valence-corrected chi connectivity index (χ1v) is 18.6. The van der Waals surface area contributed by atoms with Crippen molar-refractivity contribution in [3.05, 3.63) is 83.9 Å². The van der Waals surface area contributed by atoms with Crippen LogP contribution in [-0.2, 0) is 0 Å². The van der Waals surface area contributed by atoms with Gasteiger partial charge in [0.15, 0.2) is 23.0 Å². The van der Waals surface area contributed by atoms with E-state index in [1.54, 1.807) is 42.7 Å². The molecule has 0 unspecified atom stereocenters. The van der Waals surface area contributed by atoms with Crippen LogP contribution in [-0.4, -0.2) is 133 Å². The van der Waals surface area contributed by atoms with E-state index in [0.29, 0.717) is 71.8 Å². The summed E-state index contributed by atoms with van der Waals surface area (Å²) < 4.78 is 33.0. The molecule has 2 saturated heterocycles. The Hall–Kier alpha value is -5.46. The van der Waals surface area contributed by atoms with Crippen LogP contribution in [0.5, 0.6) is 34.5 Å². The van der Waals surface area contributed by atoms with E-state index in [2.05, 4.69) is 16.7 Å². The van der Waals surface area contributed by atoms with Crippen LogP contribution in [0.15, 0.2) is 72.8 Å². The van der Waals surface area contributed by atoms with E-state index in [1.165, 1.54) is 0 Å². The zero-order valence-electron chi connectivity index (χ0n) is 32.9. The molecule has 2 aliphatic rings. The number of hydrogen-bond donors (Lipinski definition) is 0. The number of hydrogen-bond acceptors (Lipinski definition) is 10. The molecule has 2 amide bonds. The average Bonchev–Trinajstić information content (AvgIpc) is 3.25. The summed E-state index contributed by atoms with van der Waals surface area (Å²) in [5, 5.41) is 0. The van der Waals surface area contributed by atoms with Gasteiger partial charge in [-0.2, -0.15) is 0 Å². The summed E-state index contributed by atoms with van der Waals surface area (Å²) in [6.45, 7) is 8.05. The van der Waals surface area contributed by atoms with E-state index in [4.69, 9.17) is 28.4 Å². The van der Waals surface area contributed by atoms with E-state index in [0.717, 1.165) is 54.9 Å². The number of amides is 2. The van der Waals surface area contributed by atoms with Crippen LogP contribution in [0.3, 0.4) is 0 Å². The van der Waals surface area contributed by atoms with E-state index in [-0.39, 0.29) is 18.0 Å². The lowest BCUT2D eigenvalue weighted by Crippen LogP contribution is -2.60. The molecule has 12 heteroatoms. The summed E-state index contributed by atoms with van der Waals surface area (Å²) in [7, 11) is 9.54. The Bertz CT molecular complexity index is 1750. The van der Waals surface area contributed by atoms with Gasteiger partial charge in [0, 0.05) is 63.5 Å². The van der Waals surface area contributed by atoms with E-state index in [1.807, 2.05) is 82.6 Å². The summed E-state index contributed by atoms with van der Waals surface area (Å²) in [6, 6.07) is 22.9. The second-order valence-electron chi connectivity index (χ2n) is 13.5. The Balaban J connectivity index is 1.01. The van der Waals surface area contributed by atoms with E-state index >= 15 is 0 Å². The van der Waals surface area contributed by atoms with Gasteiger partial charge in [0.25, 0.3) is 11.8 Å². The topological polar surface area (TPSA) is 102 Å². The predicted molar refractivity (Wildman–Crippen MR) is 212 cm³/mol. The highest BCUT2D eigenvalue weighted by Crippen LogP contribution is 2.42. The van der Waals surface area contributed by atoms with Crippen molar-refractivity contribution in [1.29, 1.82) is 0 Å². The van der Waals surface area contributed by atoms with Gasteiger partial charge in [0.2, 0.25) is 11.5 Å². The molecule has 292 valence electrons. The minimum Gasteiger partial charge on any atom is -0.493 e. The number of carbonyl (C=O) groups is 2. The highest BCUT2D eigenvalue weighted by atomic mass is 16.5. The normalized spacial score (nSPS) is 15.1. The smallest absolute Gasteiger partial charge is 0.253 e. The molecule has 55 heavy (non-hydrogen) atoms. The number of piperazine rings is 2. The number of carbonyl (C=O) groups excluding carboxylic acids is 2. The molecule has 0 N–H and O–H groups in total. The Kier molecular flexibility index (Phi) is 12.7. The van der Waals surface area contributed by atoms with Gasteiger partial charge >= 0.3 is 0 Å². The SMILES string of the molecule is CCC(N1CCN(C(=O)c2ccc(-c3cc(OC)c(OC)c(OC)c3)cc2)CC1)N1CCN(C(=O)c2ccc(-c3cc(OC)c(OC)c(OC)c3)cc2)CC1. The maximum atomic E-state index is 13.6. The summed E-state index contributed by atoms with van der Waals surface area (Å²) >= 11 is 0. The molecule has 0 aromatic heterocycles. The molecular weight excluding hydrogens is 700 g/mol. The summed E-state index contributed by atoms with van der Waals surface area (Å²) in [5.74, 6) is 3.45. The number of ether oxygens (including phenoxy) is 6. The molecule has 0 saturated carbocycles. The lowest BCUT2D eigenvalue weighted by atomic mass is 10.0. The third kappa shape index (κ3) is 8.30. The number of methoxy groups -OCH3 is 6. The quantitative estimate of drug-likeness (QED) is 0.161. The fourth-order valence-corrected chi connectivity index (χ4v) is 7.66. The highest BCUT2D eigenvalue weighted by Gasteiger charge is 2.32. The third-order valence-corrected chi connectivity index (χ3v) is 10.7. The Morgan fingerprint density at radius 2 is 0.782 bits per heavy atom. The van der Waals surface area contributed by atoms with Crippen LogP contribution in [0.1, 0.15) is 34.1 Å². The van der Waals surface area contributed by atoms with Crippen molar-refractivity contribution in [1.82, 2.24) is 19.6 Å². The van der Waals surface area contributed by atoms with Crippen molar-refractivity contribution < 1.29 is 38.0 Å². The molecule has 2 aliphatic heterocycles. The second-order valence-corrected chi connectivity index (χ2v) is 13.5. The molecule has 6 rings (SSSR count). The Labute approximate surface area is 324 Å². The molecule has 0 spiro atoms. The Morgan fingerprint density at radius 1 is 0.473 bits per heavy atom. The average molecular weight is 753 g/mol. The maximum Gasteiger partial charge on any atom is 0.253 e. The molecule has 2 heterocycles. The molecule has 0 atom stereocenters. The van der Waals surface area contributed by atoms with Gasteiger partial charge in [-0.15, -0.1) is 0 Å². The molecule has 4 aromatic rings. The lowest BCUT2D eigenvalue weighted by Gasteiger charge is -2.46. The highest BCUT2D eigenvalue weighted by molar-refractivity contribution is 5.95. The molecule has 4 aromatic carbocycles. The lowest BCUT2D eigenvalue weighted by molar-refractivity contribution is -0.0130. The van der Waals surface area contributed by atoms with Crippen LogP contribution in [0, 0.1) is 0 Å². The minimum absolute atomic E-state index is 0.0350. The molecule has 0 bridgehead atoms. The van der Waals surface area contributed by atoms with Gasteiger partial charge in [-0.05, 0) is 77.2 Å². The van der Waals surface area contributed by atoms with Crippen molar-refractivity contribution in [2.45, 2.75) is 19.5 Å². The first-order chi connectivity index (χ1) is 26.8. The zero-order chi connectivity index (χ0) is 39.1. The minimum atomic E-state index is 0.0350. The predicted octanol–water partition coefficient (Wildman–Crippen LogP) is 6.02. The van der Waals surface area contributed by atoms with Crippen LogP contribution in [0.2, 0.25) is 0 Å². The first kappa shape index (κ1) is 39.2. The van der Waals surface area contributed by atoms with Crippen molar-refractivity contribution in [3.8, 4) is 56.8 Å². The molecule has 2 fully saturated rings. The Morgan fingerprint density at radius 3 is 1.04 bits per heavy atom. The van der Waals surface area contributed by atoms with Gasteiger partial charge in [0.1, 0.15) is 0 Å². The number of rotatable bonds is 13. The summed E-state index contributed by atoms with van der Waals surface area (Å²) in [6.07, 6.45) is 1.22. The van der Waals surface area contributed by atoms with Crippen molar-refractivity contribution in [2.24, 2.45) is 0 Å². The van der Waals surface area contributed by atoms with Crippen LogP contribution < -0.4 is 28.4 Å². The zero-order valence-corrected chi connectivity index (χ0v) is 32.9. The van der Waals surface area contributed by atoms with E-state index < -0.39 is 0 Å². The van der Waals surface area contributed by atoms with Gasteiger partial charge < -0.3 is 38.2 Å². The van der Waals surface area contributed by atoms with E-state index in [9.17, 15) is 9.59 Å². The molecule has 0 aliphatic carbocycles. The van der Waals surface area contributed by atoms with Crippen molar-refractivity contribution in [3.63, 3.8) is 0 Å². The molecule has 12 nitrogen and oxygen atoms in total. The van der Waals surface area contributed by atoms with Gasteiger partial charge in [-0.25, -0.2) is 0 Å². The fraction of sp³-hybridized carbons (Fsp3) is 0.395. The van der Waals surface area contributed by atoms with Crippen LogP contribution >= 0.6 is 0 Å². The van der Waals surface area contributed by atoms with Gasteiger partial charge in [-0.1, -0.05) is 31.2 Å². The van der Waals surface area contributed by atoms with Crippen molar-refractivity contribution >= 4 is 11.8 Å². The van der Waals surface area contributed by atoms with Crippen LogP contribution in [0.4, 0.5) is 0 Å². The van der Waals surface area contributed by atoms with Gasteiger partial charge in [0.05, 0.1) is 48.8 Å². The standard InChI is InChI=1S/C43H52N4O8/c1-8-39(44-17-21-46(22-18-44)42(48)31-13-9-29(10-14-31)33-25-35(50-2)40(54-6)36(26-33)51-3)45-19-23-47(24-20-45)43(49)32-15-11-30(12-16-32)34-27-37(52-4)41(55-7)38(28-34)53-5/h9-16,25-28,39H,8,17-24H2,1-7H3. The largest absolute Gasteiger partial charge is 0.493 e. The second kappa shape index (κ2) is 17.8. The summed E-state index contributed by atoms with van der Waals surface area (Å²) in [5.41, 5.74) is 5.01. The monoisotopic (exact) mass is 752 g/mol. The van der Waals surface area contributed by atoms with Crippen LogP contribution in [0.25, 0.3) is 22.3 Å². The maximum absolute atomic E-state index is 13.6.